The molecule has 0 radical (unpaired) electrons. The van der Waals surface area contributed by atoms with Crippen molar-refractivity contribution in [3.05, 3.63) is 11.4 Å². The SMILES string of the molecule is CSC1(CNC(=O)c2n[nH]c(C)c2N)CCCCC1. The van der Waals surface area contributed by atoms with E-state index in [0.717, 1.165) is 5.69 Å². The first kappa shape index (κ1) is 14.2. The number of hydrogen-bond acceptors (Lipinski definition) is 4. The first-order chi connectivity index (χ1) is 9.08. The Bertz CT molecular complexity index is 451. The zero-order valence-electron chi connectivity index (χ0n) is 11.6. The summed E-state index contributed by atoms with van der Waals surface area (Å²) in [6, 6.07) is 0. The molecule has 19 heavy (non-hydrogen) atoms. The number of carbonyl (C=O) groups excluding carboxylic acids is 1. The third-order valence-electron chi connectivity index (χ3n) is 3.98. The standard InChI is InChI=1S/C13H22N4OS/c1-9-10(14)11(17-16-9)12(18)15-8-13(19-2)6-4-3-5-7-13/h3-8,14H2,1-2H3,(H,15,18)(H,16,17). The Hall–Kier alpha value is -1.17. The lowest BCUT2D eigenvalue weighted by atomic mass is 9.88. The topological polar surface area (TPSA) is 83.8 Å². The van der Waals surface area contributed by atoms with E-state index in [-0.39, 0.29) is 10.7 Å². The van der Waals surface area contributed by atoms with Crippen molar-refractivity contribution in [3.8, 4) is 0 Å². The van der Waals surface area contributed by atoms with Gasteiger partial charge in [-0.15, -0.1) is 0 Å². The molecule has 6 heteroatoms. The normalized spacial score (nSPS) is 18.2. The summed E-state index contributed by atoms with van der Waals surface area (Å²) in [5.41, 5.74) is 7.31. The number of nitrogens with one attached hydrogen (secondary N) is 2. The summed E-state index contributed by atoms with van der Waals surface area (Å²) >= 11 is 1.87. The molecular weight excluding hydrogens is 260 g/mol. The van der Waals surface area contributed by atoms with E-state index in [1.807, 2.05) is 18.7 Å². The van der Waals surface area contributed by atoms with Gasteiger partial charge in [0.2, 0.25) is 0 Å². The van der Waals surface area contributed by atoms with E-state index in [1.54, 1.807) is 0 Å². The Balaban J connectivity index is 1.97. The van der Waals surface area contributed by atoms with Gasteiger partial charge in [-0.3, -0.25) is 9.89 Å². The number of nitrogens with two attached hydrogens (primary N) is 1. The van der Waals surface area contributed by atoms with Gasteiger partial charge in [-0.1, -0.05) is 19.3 Å². The molecule has 4 N–H and O–H groups in total. The summed E-state index contributed by atoms with van der Waals surface area (Å²) in [5.74, 6) is -0.180. The van der Waals surface area contributed by atoms with Gasteiger partial charge in [-0.25, -0.2) is 0 Å². The van der Waals surface area contributed by atoms with Crippen LogP contribution in [0.5, 0.6) is 0 Å². The maximum atomic E-state index is 12.1. The first-order valence-electron chi connectivity index (χ1n) is 6.72. The minimum Gasteiger partial charge on any atom is -0.395 e. The van der Waals surface area contributed by atoms with Crippen LogP contribution in [0.4, 0.5) is 5.69 Å². The van der Waals surface area contributed by atoms with Crippen LogP contribution in [0.2, 0.25) is 0 Å². The van der Waals surface area contributed by atoms with E-state index in [9.17, 15) is 4.79 Å². The van der Waals surface area contributed by atoms with Crippen molar-refractivity contribution in [1.82, 2.24) is 15.5 Å². The van der Waals surface area contributed by atoms with Crippen molar-refractivity contribution in [2.45, 2.75) is 43.8 Å². The predicted octanol–water partition coefficient (Wildman–Crippen LogP) is 2.10. The molecule has 0 unspecified atom stereocenters. The predicted molar refractivity (Wildman–Crippen MR) is 79.4 cm³/mol. The molecule has 0 spiro atoms. The monoisotopic (exact) mass is 282 g/mol. The molecule has 106 valence electrons. The number of hydrogen-bond donors (Lipinski definition) is 3. The van der Waals surface area contributed by atoms with Gasteiger partial charge >= 0.3 is 0 Å². The van der Waals surface area contributed by atoms with Crippen molar-refractivity contribution in [3.63, 3.8) is 0 Å². The highest BCUT2D eigenvalue weighted by Crippen LogP contribution is 2.38. The molecule has 0 aliphatic heterocycles. The Morgan fingerprint density at radius 1 is 1.47 bits per heavy atom. The minimum atomic E-state index is -0.180. The molecule has 1 aromatic heterocycles. The van der Waals surface area contributed by atoms with E-state index >= 15 is 0 Å². The number of aromatic nitrogens is 2. The molecule has 2 rings (SSSR count). The van der Waals surface area contributed by atoms with Crippen LogP contribution in [0.15, 0.2) is 0 Å². The third kappa shape index (κ3) is 3.05. The largest absolute Gasteiger partial charge is 0.395 e. The fraction of sp³-hybridized carbons (Fsp3) is 0.692. The number of nitrogens with zero attached hydrogens (tertiary/aromatic N) is 1. The van der Waals surface area contributed by atoms with Gasteiger partial charge in [0.15, 0.2) is 5.69 Å². The van der Waals surface area contributed by atoms with Crippen LogP contribution < -0.4 is 11.1 Å². The Labute approximate surface area is 118 Å². The van der Waals surface area contributed by atoms with Crippen LogP contribution >= 0.6 is 11.8 Å². The number of H-pyrrole nitrogens is 1. The first-order valence-corrected chi connectivity index (χ1v) is 7.94. The number of thioether (sulfide) groups is 1. The molecule has 1 amide bonds. The molecule has 1 aromatic rings. The summed E-state index contributed by atoms with van der Waals surface area (Å²) < 4.78 is 0.189. The highest BCUT2D eigenvalue weighted by atomic mass is 32.2. The smallest absolute Gasteiger partial charge is 0.273 e. The van der Waals surface area contributed by atoms with Gasteiger partial charge in [0.25, 0.3) is 5.91 Å². The number of carbonyl (C=O) groups is 1. The second-order valence-corrected chi connectivity index (χ2v) is 6.52. The molecule has 1 fully saturated rings. The van der Waals surface area contributed by atoms with Gasteiger partial charge in [0.1, 0.15) is 0 Å². The van der Waals surface area contributed by atoms with E-state index in [2.05, 4.69) is 21.8 Å². The maximum absolute atomic E-state index is 12.1. The highest BCUT2D eigenvalue weighted by molar-refractivity contribution is 8.00. The van der Waals surface area contributed by atoms with Crippen molar-refractivity contribution in [2.75, 3.05) is 18.5 Å². The summed E-state index contributed by atoms with van der Waals surface area (Å²) in [5, 5.41) is 9.69. The molecule has 1 heterocycles. The molecule has 0 atom stereocenters. The quantitative estimate of drug-likeness (QED) is 0.789. The Kier molecular flexibility index (Phi) is 4.39. The molecule has 1 saturated carbocycles. The molecule has 0 aromatic carbocycles. The van der Waals surface area contributed by atoms with E-state index in [1.165, 1.54) is 32.1 Å². The summed E-state index contributed by atoms with van der Waals surface area (Å²) in [6.07, 6.45) is 8.28. The average molecular weight is 282 g/mol. The van der Waals surface area contributed by atoms with E-state index in [0.29, 0.717) is 17.9 Å². The number of anilines is 1. The average Bonchev–Trinajstić information content (AvgIpc) is 2.77. The van der Waals surface area contributed by atoms with Gasteiger partial charge in [-0.05, 0) is 26.0 Å². The van der Waals surface area contributed by atoms with Gasteiger partial charge in [0.05, 0.1) is 11.4 Å². The zero-order chi connectivity index (χ0) is 13.9. The zero-order valence-corrected chi connectivity index (χ0v) is 12.4. The van der Waals surface area contributed by atoms with Crippen LogP contribution in [0, 0.1) is 6.92 Å². The number of amides is 1. The lowest BCUT2D eigenvalue weighted by Gasteiger charge is -2.35. The summed E-state index contributed by atoms with van der Waals surface area (Å²) in [7, 11) is 0. The van der Waals surface area contributed by atoms with Crippen molar-refractivity contribution < 1.29 is 4.79 Å². The van der Waals surface area contributed by atoms with Gasteiger partial charge in [0, 0.05) is 11.3 Å². The number of nitrogen functional groups attached to an aromatic ring is 1. The van der Waals surface area contributed by atoms with Crippen LogP contribution in [0.25, 0.3) is 0 Å². The fourth-order valence-electron chi connectivity index (χ4n) is 2.59. The molecule has 5 nitrogen and oxygen atoms in total. The second-order valence-electron chi connectivity index (χ2n) is 5.24. The maximum Gasteiger partial charge on any atom is 0.273 e. The molecular formula is C13H22N4OS. The number of aryl methyl sites for hydroxylation is 1. The van der Waals surface area contributed by atoms with Gasteiger partial charge < -0.3 is 11.1 Å². The molecule has 1 aliphatic carbocycles. The summed E-state index contributed by atoms with van der Waals surface area (Å²) in [4.78, 5) is 12.1. The van der Waals surface area contributed by atoms with Gasteiger partial charge in [-0.2, -0.15) is 16.9 Å². The number of aromatic amines is 1. The second kappa shape index (κ2) is 5.86. The van der Waals surface area contributed by atoms with E-state index < -0.39 is 0 Å². The highest BCUT2D eigenvalue weighted by Gasteiger charge is 2.32. The molecule has 0 bridgehead atoms. The Morgan fingerprint density at radius 3 is 2.68 bits per heavy atom. The van der Waals surface area contributed by atoms with Crippen molar-refractivity contribution >= 4 is 23.4 Å². The molecule has 0 saturated heterocycles. The fourth-order valence-corrected chi connectivity index (χ4v) is 3.50. The number of rotatable bonds is 4. The van der Waals surface area contributed by atoms with Crippen LogP contribution in [-0.4, -0.2) is 33.7 Å². The third-order valence-corrected chi connectivity index (χ3v) is 5.40. The summed E-state index contributed by atoms with van der Waals surface area (Å²) in [6.45, 7) is 2.50. The van der Waals surface area contributed by atoms with E-state index in [4.69, 9.17) is 5.73 Å². The van der Waals surface area contributed by atoms with Crippen LogP contribution in [0.1, 0.15) is 48.3 Å². The molecule has 1 aliphatic rings. The van der Waals surface area contributed by atoms with Crippen LogP contribution in [-0.2, 0) is 0 Å². The lowest BCUT2D eigenvalue weighted by Crippen LogP contribution is -2.42. The van der Waals surface area contributed by atoms with Crippen molar-refractivity contribution in [1.29, 1.82) is 0 Å². The van der Waals surface area contributed by atoms with Crippen LogP contribution in [0.3, 0.4) is 0 Å². The minimum absolute atomic E-state index is 0.180. The lowest BCUT2D eigenvalue weighted by molar-refractivity contribution is 0.0943. The Morgan fingerprint density at radius 2 is 2.16 bits per heavy atom. The van der Waals surface area contributed by atoms with Crippen molar-refractivity contribution in [2.24, 2.45) is 0 Å².